The number of rotatable bonds is 3. The van der Waals surface area contributed by atoms with Crippen LogP contribution in [0.25, 0.3) is 11.4 Å². The smallest absolute Gasteiger partial charge is 0.269 e. The Morgan fingerprint density at radius 1 is 1.19 bits per heavy atom. The standard InChI is InChI=1S/C14H16N4O3/c15-14(8-2-1-3-9-14)13-16-12(17-21-13)10-4-6-11(7-5-10)18(19)20/h4-7H,1-3,8-9,15H2. The van der Waals surface area contributed by atoms with Gasteiger partial charge in [-0.05, 0) is 25.0 Å². The van der Waals surface area contributed by atoms with Crippen molar-refractivity contribution in [3.8, 4) is 11.4 Å². The van der Waals surface area contributed by atoms with Gasteiger partial charge in [0, 0.05) is 17.7 Å². The van der Waals surface area contributed by atoms with Crippen molar-refractivity contribution < 1.29 is 9.45 Å². The lowest BCUT2D eigenvalue weighted by atomic mass is 9.82. The van der Waals surface area contributed by atoms with Gasteiger partial charge in [0.05, 0.1) is 10.5 Å². The highest BCUT2D eigenvalue weighted by Gasteiger charge is 2.35. The Hall–Kier alpha value is -2.28. The fraction of sp³-hybridized carbons (Fsp3) is 0.429. The molecule has 0 spiro atoms. The molecular weight excluding hydrogens is 272 g/mol. The molecule has 1 aliphatic rings. The molecule has 1 aromatic heterocycles. The average molecular weight is 288 g/mol. The summed E-state index contributed by atoms with van der Waals surface area (Å²) in [5.74, 6) is 0.867. The van der Waals surface area contributed by atoms with Crippen LogP contribution in [0.4, 0.5) is 5.69 Å². The van der Waals surface area contributed by atoms with Crippen molar-refractivity contribution in [2.75, 3.05) is 0 Å². The van der Waals surface area contributed by atoms with Crippen LogP contribution < -0.4 is 5.73 Å². The number of aromatic nitrogens is 2. The van der Waals surface area contributed by atoms with Gasteiger partial charge in [0.25, 0.3) is 5.69 Å². The number of hydrogen-bond donors (Lipinski definition) is 1. The first kappa shape index (κ1) is 13.7. The molecule has 7 nitrogen and oxygen atoms in total. The van der Waals surface area contributed by atoms with Crippen LogP contribution in [0.3, 0.4) is 0 Å². The van der Waals surface area contributed by atoms with Gasteiger partial charge in [-0.25, -0.2) is 0 Å². The van der Waals surface area contributed by atoms with Gasteiger partial charge >= 0.3 is 0 Å². The van der Waals surface area contributed by atoms with E-state index in [1.807, 2.05) is 0 Å². The lowest BCUT2D eigenvalue weighted by Crippen LogP contribution is -2.38. The highest BCUT2D eigenvalue weighted by atomic mass is 16.6. The Morgan fingerprint density at radius 2 is 1.86 bits per heavy atom. The third kappa shape index (κ3) is 2.64. The van der Waals surface area contributed by atoms with Crippen molar-refractivity contribution in [3.05, 3.63) is 40.3 Å². The van der Waals surface area contributed by atoms with Gasteiger partial charge in [-0.1, -0.05) is 24.4 Å². The molecule has 0 saturated heterocycles. The average Bonchev–Trinajstić information content (AvgIpc) is 2.99. The maximum atomic E-state index is 10.6. The lowest BCUT2D eigenvalue weighted by Gasteiger charge is -2.29. The monoisotopic (exact) mass is 288 g/mol. The number of nitro benzene ring substituents is 1. The maximum Gasteiger partial charge on any atom is 0.269 e. The van der Waals surface area contributed by atoms with Crippen molar-refractivity contribution in [2.24, 2.45) is 5.73 Å². The third-order valence-electron chi connectivity index (χ3n) is 3.93. The van der Waals surface area contributed by atoms with E-state index in [1.54, 1.807) is 12.1 Å². The highest BCUT2D eigenvalue weighted by Crippen LogP contribution is 2.34. The third-order valence-corrected chi connectivity index (χ3v) is 3.93. The number of nitrogens with two attached hydrogens (primary N) is 1. The second kappa shape index (κ2) is 5.25. The number of nitro groups is 1. The van der Waals surface area contributed by atoms with E-state index in [0.29, 0.717) is 17.3 Å². The molecule has 0 aliphatic heterocycles. The molecule has 0 radical (unpaired) electrons. The van der Waals surface area contributed by atoms with E-state index in [-0.39, 0.29) is 5.69 Å². The molecule has 1 aliphatic carbocycles. The normalized spacial score (nSPS) is 17.6. The van der Waals surface area contributed by atoms with Gasteiger partial charge in [0.1, 0.15) is 0 Å². The van der Waals surface area contributed by atoms with E-state index in [1.165, 1.54) is 18.6 Å². The summed E-state index contributed by atoms with van der Waals surface area (Å²) in [6.45, 7) is 0. The van der Waals surface area contributed by atoms with Crippen LogP contribution >= 0.6 is 0 Å². The van der Waals surface area contributed by atoms with Crippen molar-refractivity contribution in [1.82, 2.24) is 10.1 Å². The zero-order valence-electron chi connectivity index (χ0n) is 11.5. The van der Waals surface area contributed by atoms with Crippen molar-refractivity contribution in [2.45, 2.75) is 37.6 Å². The maximum absolute atomic E-state index is 10.6. The van der Waals surface area contributed by atoms with Crippen molar-refractivity contribution >= 4 is 5.69 Å². The van der Waals surface area contributed by atoms with E-state index in [0.717, 1.165) is 25.7 Å². The number of non-ortho nitro benzene ring substituents is 1. The summed E-state index contributed by atoms with van der Waals surface area (Å²) in [7, 11) is 0. The van der Waals surface area contributed by atoms with Crippen LogP contribution in [0.5, 0.6) is 0 Å². The first-order valence-corrected chi connectivity index (χ1v) is 6.96. The molecule has 1 fully saturated rings. The zero-order valence-corrected chi connectivity index (χ0v) is 11.5. The fourth-order valence-electron chi connectivity index (χ4n) is 2.67. The summed E-state index contributed by atoms with van der Waals surface area (Å²) in [4.78, 5) is 14.6. The van der Waals surface area contributed by atoms with Gasteiger partial charge < -0.3 is 10.3 Å². The van der Waals surface area contributed by atoms with Gasteiger partial charge in [-0.3, -0.25) is 10.1 Å². The van der Waals surface area contributed by atoms with Crippen molar-refractivity contribution in [1.29, 1.82) is 0 Å². The Balaban J connectivity index is 1.85. The molecule has 0 atom stereocenters. The fourth-order valence-corrected chi connectivity index (χ4v) is 2.67. The van der Waals surface area contributed by atoms with E-state index in [4.69, 9.17) is 10.3 Å². The predicted molar refractivity (Wildman–Crippen MR) is 75.3 cm³/mol. The van der Waals surface area contributed by atoms with Crippen molar-refractivity contribution in [3.63, 3.8) is 0 Å². The van der Waals surface area contributed by atoms with E-state index < -0.39 is 10.5 Å². The SMILES string of the molecule is NC1(c2nc(-c3ccc([N+](=O)[O-])cc3)no2)CCCCC1. The molecule has 1 heterocycles. The molecule has 1 aromatic carbocycles. The summed E-state index contributed by atoms with van der Waals surface area (Å²) in [5, 5.41) is 14.6. The Bertz CT molecular complexity index is 644. The summed E-state index contributed by atoms with van der Waals surface area (Å²) < 4.78 is 5.32. The second-order valence-electron chi connectivity index (χ2n) is 5.44. The minimum atomic E-state index is -0.537. The molecule has 1 saturated carbocycles. The topological polar surface area (TPSA) is 108 Å². The van der Waals surface area contributed by atoms with Crippen LogP contribution in [0.1, 0.15) is 38.0 Å². The first-order chi connectivity index (χ1) is 10.1. The molecule has 110 valence electrons. The lowest BCUT2D eigenvalue weighted by molar-refractivity contribution is -0.384. The van der Waals surface area contributed by atoms with E-state index in [9.17, 15) is 10.1 Å². The summed E-state index contributed by atoms with van der Waals surface area (Å²) in [6.07, 6.45) is 4.99. The van der Waals surface area contributed by atoms with Gasteiger partial charge in [-0.2, -0.15) is 4.98 Å². The summed E-state index contributed by atoms with van der Waals surface area (Å²) in [6, 6.07) is 6.06. The molecule has 2 aromatic rings. The molecule has 3 rings (SSSR count). The van der Waals surface area contributed by atoms with Crippen LogP contribution in [-0.2, 0) is 5.54 Å². The van der Waals surface area contributed by atoms with Gasteiger partial charge in [0.15, 0.2) is 0 Å². The molecule has 0 amide bonds. The van der Waals surface area contributed by atoms with Gasteiger partial charge in [-0.15, -0.1) is 0 Å². The molecule has 0 bridgehead atoms. The van der Waals surface area contributed by atoms with E-state index >= 15 is 0 Å². The minimum Gasteiger partial charge on any atom is -0.337 e. The largest absolute Gasteiger partial charge is 0.337 e. The van der Waals surface area contributed by atoms with Crippen LogP contribution in [0, 0.1) is 10.1 Å². The second-order valence-corrected chi connectivity index (χ2v) is 5.44. The van der Waals surface area contributed by atoms with E-state index in [2.05, 4.69) is 10.1 Å². The summed E-state index contributed by atoms with van der Waals surface area (Å²) in [5.41, 5.74) is 6.52. The zero-order chi connectivity index (χ0) is 14.9. The Labute approximate surface area is 121 Å². The minimum absolute atomic E-state index is 0.0324. The predicted octanol–water partition coefficient (Wildman–Crippen LogP) is 2.76. The Kier molecular flexibility index (Phi) is 3.42. The number of nitrogens with zero attached hydrogens (tertiary/aromatic N) is 3. The quantitative estimate of drug-likeness (QED) is 0.687. The van der Waals surface area contributed by atoms with Crippen LogP contribution in [0.15, 0.2) is 28.8 Å². The summed E-state index contributed by atoms with van der Waals surface area (Å²) >= 11 is 0. The van der Waals surface area contributed by atoms with Crippen LogP contribution in [-0.4, -0.2) is 15.1 Å². The molecule has 0 unspecified atom stereocenters. The molecule has 21 heavy (non-hydrogen) atoms. The molecule has 7 heteroatoms. The number of hydrogen-bond acceptors (Lipinski definition) is 6. The number of benzene rings is 1. The van der Waals surface area contributed by atoms with Gasteiger partial charge in [0.2, 0.25) is 11.7 Å². The van der Waals surface area contributed by atoms with Crippen LogP contribution in [0.2, 0.25) is 0 Å². The molecule has 2 N–H and O–H groups in total. The molecular formula is C14H16N4O3. The Morgan fingerprint density at radius 3 is 2.48 bits per heavy atom. The first-order valence-electron chi connectivity index (χ1n) is 6.96. The highest BCUT2D eigenvalue weighted by molar-refractivity contribution is 5.56.